The van der Waals surface area contributed by atoms with Crippen molar-refractivity contribution in [2.24, 2.45) is 0 Å². The number of carbonyl (C=O) groups is 2. The van der Waals surface area contributed by atoms with E-state index in [2.05, 4.69) is 10.6 Å². The third-order valence-corrected chi connectivity index (χ3v) is 4.65. The number of rotatable bonds is 7. The molecular formula is C21H28N3O3+. The predicted octanol–water partition coefficient (Wildman–Crippen LogP) is 1.79. The van der Waals surface area contributed by atoms with Crippen molar-refractivity contribution in [2.45, 2.75) is 26.8 Å². The molecule has 0 saturated heterocycles. The molecule has 0 fully saturated rings. The first-order valence-corrected chi connectivity index (χ1v) is 8.95. The fraction of sp³-hybridized carbons (Fsp3) is 0.333. The van der Waals surface area contributed by atoms with Crippen LogP contribution in [0.1, 0.15) is 18.1 Å². The summed E-state index contributed by atoms with van der Waals surface area (Å²) in [5, 5.41) is 5.83. The lowest BCUT2D eigenvalue weighted by Crippen LogP contribution is -3.14. The first-order chi connectivity index (χ1) is 12.8. The Morgan fingerprint density at radius 3 is 2.33 bits per heavy atom. The SMILES string of the molecule is COc1cccc(NC(=O)[C@@H](C)[NH+](C)CC(=O)Nc2c(C)cccc2C)c1. The van der Waals surface area contributed by atoms with E-state index < -0.39 is 0 Å². The Balaban J connectivity index is 1.94. The van der Waals surface area contributed by atoms with Gasteiger partial charge in [-0.2, -0.15) is 0 Å². The number of quaternary nitrogens is 1. The molecule has 0 heterocycles. The number of aryl methyl sites for hydroxylation is 2. The van der Waals surface area contributed by atoms with Crippen molar-refractivity contribution in [3.63, 3.8) is 0 Å². The highest BCUT2D eigenvalue weighted by Crippen LogP contribution is 2.19. The molecule has 0 aromatic heterocycles. The maximum Gasteiger partial charge on any atom is 0.282 e. The molecule has 0 aliphatic rings. The molecule has 3 N–H and O–H groups in total. The molecule has 144 valence electrons. The number of anilines is 2. The smallest absolute Gasteiger partial charge is 0.282 e. The number of hydrogen-bond acceptors (Lipinski definition) is 3. The number of hydrogen-bond donors (Lipinski definition) is 3. The minimum Gasteiger partial charge on any atom is -0.497 e. The molecule has 2 rings (SSSR count). The second-order valence-corrected chi connectivity index (χ2v) is 6.78. The van der Waals surface area contributed by atoms with Crippen LogP contribution >= 0.6 is 0 Å². The Bertz CT molecular complexity index is 800. The molecule has 2 atom stereocenters. The third kappa shape index (κ3) is 5.56. The number of ether oxygens (including phenoxy) is 1. The van der Waals surface area contributed by atoms with E-state index in [0.29, 0.717) is 11.4 Å². The molecule has 2 amide bonds. The van der Waals surface area contributed by atoms with Gasteiger partial charge in [-0.25, -0.2) is 0 Å². The standard InChI is InChI=1S/C21H27N3O3/c1-14-8-6-9-15(2)20(14)23-19(25)13-24(4)16(3)21(26)22-17-10-7-11-18(12-17)27-5/h6-12,16H,13H2,1-5H3,(H,22,26)(H,23,25)/p+1/t16-/m1/s1. The Labute approximate surface area is 160 Å². The highest BCUT2D eigenvalue weighted by molar-refractivity contribution is 5.95. The average Bonchev–Trinajstić information content (AvgIpc) is 2.64. The zero-order chi connectivity index (χ0) is 20.0. The monoisotopic (exact) mass is 370 g/mol. The van der Waals surface area contributed by atoms with Crippen LogP contribution in [0, 0.1) is 13.8 Å². The molecule has 0 bridgehead atoms. The van der Waals surface area contributed by atoms with Crippen molar-refractivity contribution in [2.75, 3.05) is 31.3 Å². The molecule has 2 aromatic carbocycles. The summed E-state index contributed by atoms with van der Waals surface area (Å²) >= 11 is 0. The number of para-hydroxylation sites is 1. The predicted molar refractivity (Wildman–Crippen MR) is 107 cm³/mol. The molecule has 0 aliphatic heterocycles. The number of amides is 2. The molecule has 0 spiro atoms. The summed E-state index contributed by atoms with van der Waals surface area (Å²) in [5.74, 6) is 0.403. The van der Waals surface area contributed by atoms with Gasteiger partial charge in [-0.1, -0.05) is 24.3 Å². The minimum atomic E-state index is -0.389. The number of carbonyl (C=O) groups excluding carboxylic acids is 2. The van der Waals surface area contributed by atoms with Gasteiger partial charge in [0.15, 0.2) is 12.6 Å². The largest absolute Gasteiger partial charge is 0.497 e. The van der Waals surface area contributed by atoms with Crippen molar-refractivity contribution >= 4 is 23.2 Å². The maximum atomic E-state index is 12.5. The fourth-order valence-corrected chi connectivity index (χ4v) is 2.78. The molecule has 0 aliphatic carbocycles. The van der Waals surface area contributed by atoms with Gasteiger partial charge in [0.25, 0.3) is 11.8 Å². The summed E-state index contributed by atoms with van der Waals surface area (Å²) in [6.45, 7) is 5.92. The zero-order valence-corrected chi connectivity index (χ0v) is 16.6. The lowest BCUT2D eigenvalue weighted by molar-refractivity contribution is -0.885. The van der Waals surface area contributed by atoms with E-state index >= 15 is 0 Å². The van der Waals surface area contributed by atoms with E-state index in [-0.39, 0.29) is 24.4 Å². The van der Waals surface area contributed by atoms with Gasteiger partial charge in [-0.15, -0.1) is 0 Å². The summed E-state index contributed by atoms with van der Waals surface area (Å²) in [5.41, 5.74) is 3.54. The number of nitrogens with one attached hydrogen (secondary N) is 3. The van der Waals surface area contributed by atoms with Gasteiger partial charge in [0.05, 0.1) is 14.2 Å². The Kier molecular flexibility index (Phi) is 6.96. The minimum absolute atomic E-state index is 0.120. The second-order valence-electron chi connectivity index (χ2n) is 6.78. The Morgan fingerprint density at radius 2 is 1.70 bits per heavy atom. The highest BCUT2D eigenvalue weighted by atomic mass is 16.5. The lowest BCUT2D eigenvalue weighted by atomic mass is 10.1. The van der Waals surface area contributed by atoms with E-state index in [1.807, 2.05) is 51.2 Å². The Hall–Kier alpha value is -2.86. The first kappa shape index (κ1) is 20.5. The summed E-state index contributed by atoms with van der Waals surface area (Å²) in [4.78, 5) is 25.7. The molecule has 1 unspecified atom stereocenters. The van der Waals surface area contributed by atoms with Gasteiger partial charge in [0, 0.05) is 17.4 Å². The summed E-state index contributed by atoms with van der Waals surface area (Å²) in [6.07, 6.45) is 0. The molecule has 0 saturated carbocycles. The molecule has 2 aromatic rings. The van der Waals surface area contributed by atoms with E-state index in [9.17, 15) is 9.59 Å². The van der Waals surface area contributed by atoms with E-state index in [1.54, 1.807) is 26.2 Å². The van der Waals surface area contributed by atoms with Crippen LogP contribution < -0.4 is 20.3 Å². The highest BCUT2D eigenvalue weighted by Gasteiger charge is 2.24. The van der Waals surface area contributed by atoms with Crippen LogP contribution in [-0.2, 0) is 9.59 Å². The third-order valence-electron chi connectivity index (χ3n) is 4.65. The normalized spacial score (nSPS) is 12.8. The van der Waals surface area contributed by atoms with Crippen molar-refractivity contribution in [3.05, 3.63) is 53.6 Å². The maximum absolute atomic E-state index is 12.5. The van der Waals surface area contributed by atoms with Gasteiger partial charge in [-0.3, -0.25) is 9.59 Å². The number of benzene rings is 2. The fourth-order valence-electron chi connectivity index (χ4n) is 2.78. The van der Waals surface area contributed by atoms with Crippen LogP contribution in [0.5, 0.6) is 5.75 Å². The molecule has 6 nitrogen and oxygen atoms in total. The summed E-state index contributed by atoms with van der Waals surface area (Å²) < 4.78 is 5.16. The van der Waals surface area contributed by atoms with Crippen molar-refractivity contribution in [3.8, 4) is 5.75 Å². The van der Waals surface area contributed by atoms with Crippen LogP contribution in [0.15, 0.2) is 42.5 Å². The van der Waals surface area contributed by atoms with Gasteiger partial charge < -0.3 is 20.3 Å². The topological polar surface area (TPSA) is 71.9 Å². The van der Waals surface area contributed by atoms with Crippen LogP contribution in [0.3, 0.4) is 0 Å². The lowest BCUT2D eigenvalue weighted by Gasteiger charge is -2.21. The van der Waals surface area contributed by atoms with Crippen LogP contribution in [0.4, 0.5) is 11.4 Å². The van der Waals surface area contributed by atoms with E-state index in [4.69, 9.17) is 4.74 Å². The van der Waals surface area contributed by atoms with Gasteiger partial charge >= 0.3 is 0 Å². The van der Waals surface area contributed by atoms with E-state index in [0.717, 1.165) is 21.7 Å². The van der Waals surface area contributed by atoms with Gasteiger partial charge in [-0.05, 0) is 44.0 Å². The number of methoxy groups -OCH3 is 1. The Morgan fingerprint density at radius 1 is 1.07 bits per heavy atom. The average molecular weight is 370 g/mol. The molecule has 27 heavy (non-hydrogen) atoms. The van der Waals surface area contributed by atoms with E-state index in [1.165, 1.54) is 0 Å². The number of likely N-dealkylation sites (N-methyl/N-ethyl adjacent to an activating group) is 1. The van der Waals surface area contributed by atoms with Crippen LogP contribution in [0.25, 0.3) is 0 Å². The quantitative estimate of drug-likeness (QED) is 0.696. The van der Waals surface area contributed by atoms with Gasteiger partial charge in [0.1, 0.15) is 5.75 Å². The second kappa shape index (κ2) is 9.19. The van der Waals surface area contributed by atoms with Crippen LogP contribution in [-0.4, -0.2) is 38.6 Å². The zero-order valence-electron chi connectivity index (χ0n) is 16.6. The first-order valence-electron chi connectivity index (χ1n) is 8.95. The van der Waals surface area contributed by atoms with Gasteiger partial charge in [0.2, 0.25) is 0 Å². The summed E-state index contributed by atoms with van der Waals surface area (Å²) in [7, 11) is 3.41. The van der Waals surface area contributed by atoms with Crippen molar-refractivity contribution in [1.29, 1.82) is 0 Å². The molecule has 6 heteroatoms. The van der Waals surface area contributed by atoms with Crippen molar-refractivity contribution < 1.29 is 19.2 Å². The van der Waals surface area contributed by atoms with Crippen molar-refractivity contribution in [1.82, 2.24) is 0 Å². The molecular weight excluding hydrogens is 342 g/mol. The van der Waals surface area contributed by atoms with Crippen LogP contribution in [0.2, 0.25) is 0 Å². The molecule has 0 radical (unpaired) electrons. The summed E-state index contributed by atoms with van der Waals surface area (Å²) in [6, 6.07) is 12.7.